The Balaban J connectivity index is 1.70. The van der Waals surface area contributed by atoms with Crippen LogP contribution in [0.5, 0.6) is 17.2 Å². The summed E-state index contributed by atoms with van der Waals surface area (Å²) < 4.78 is 45.2. The Labute approximate surface area is 270 Å². The first kappa shape index (κ1) is 33.9. The number of hydrogen-bond donors (Lipinski definition) is 1. The molecule has 2 amide bonds. The number of anilines is 1. The maximum atomic E-state index is 14.2. The summed E-state index contributed by atoms with van der Waals surface area (Å²) in [4.78, 5) is 29.0. The highest BCUT2D eigenvalue weighted by atomic mass is 35.5. The Hall–Kier alpha value is -3.96. The molecule has 1 aliphatic rings. The molecule has 0 saturated heterocycles. The zero-order valence-corrected chi connectivity index (χ0v) is 27.6. The molecule has 1 saturated carbocycles. The van der Waals surface area contributed by atoms with Crippen molar-refractivity contribution in [3.63, 3.8) is 0 Å². The summed E-state index contributed by atoms with van der Waals surface area (Å²) in [5.74, 6) is 0.374. The highest BCUT2D eigenvalue weighted by Crippen LogP contribution is 2.33. The van der Waals surface area contributed by atoms with Crippen molar-refractivity contribution in [3.05, 3.63) is 77.3 Å². The van der Waals surface area contributed by atoms with Crippen molar-refractivity contribution in [2.75, 3.05) is 32.2 Å². The summed E-state index contributed by atoms with van der Waals surface area (Å²) in [6.45, 7) is 1.16. The summed E-state index contributed by atoms with van der Waals surface area (Å²) in [7, 11) is 0.109. The molecule has 1 aliphatic carbocycles. The largest absolute Gasteiger partial charge is 0.497 e. The molecule has 1 N–H and O–H groups in total. The van der Waals surface area contributed by atoms with Gasteiger partial charge in [0.15, 0.2) is 11.5 Å². The first-order chi connectivity index (χ1) is 21.6. The maximum Gasteiger partial charge on any atom is 0.264 e. The van der Waals surface area contributed by atoms with Crippen LogP contribution in [0.1, 0.15) is 44.6 Å². The van der Waals surface area contributed by atoms with Gasteiger partial charge in [0.25, 0.3) is 10.0 Å². The van der Waals surface area contributed by atoms with Crippen LogP contribution in [0.4, 0.5) is 5.69 Å². The normalized spacial score (nSPS) is 14.2. The lowest BCUT2D eigenvalue weighted by molar-refractivity contribution is -0.139. The molecule has 0 bridgehead atoms. The van der Waals surface area contributed by atoms with Crippen molar-refractivity contribution in [2.24, 2.45) is 0 Å². The van der Waals surface area contributed by atoms with E-state index in [1.54, 1.807) is 38.3 Å². The maximum absolute atomic E-state index is 14.2. The lowest BCUT2D eigenvalue weighted by Gasteiger charge is -2.33. The molecule has 0 aromatic heterocycles. The Morgan fingerprint density at radius 1 is 0.889 bits per heavy atom. The number of amides is 2. The molecule has 0 aliphatic heterocycles. The number of benzene rings is 3. The fraction of sp³-hybridized carbons (Fsp3) is 0.394. The van der Waals surface area contributed by atoms with Crippen molar-refractivity contribution in [3.8, 4) is 17.2 Å². The minimum Gasteiger partial charge on any atom is -0.497 e. The summed E-state index contributed by atoms with van der Waals surface area (Å²) in [6, 6.07) is 16.7. The molecule has 1 atom stereocenters. The van der Waals surface area contributed by atoms with Gasteiger partial charge < -0.3 is 24.4 Å². The average Bonchev–Trinajstić information content (AvgIpc) is 3.06. The molecule has 4 rings (SSSR count). The zero-order valence-electron chi connectivity index (χ0n) is 26.0. The van der Waals surface area contributed by atoms with Crippen molar-refractivity contribution in [1.29, 1.82) is 0 Å². The van der Waals surface area contributed by atoms with Crippen molar-refractivity contribution in [1.82, 2.24) is 10.2 Å². The molecule has 0 unspecified atom stereocenters. The molecular formula is C33H40ClN3O7S. The topological polar surface area (TPSA) is 114 Å². The van der Waals surface area contributed by atoms with Crippen molar-refractivity contribution >= 4 is 39.1 Å². The summed E-state index contributed by atoms with van der Waals surface area (Å²) in [5, 5.41) is 3.51. The minimum atomic E-state index is -4.31. The third kappa shape index (κ3) is 8.40. The molecule has 3 aromatic carbocycles. The standard InChI is InChI=1S/C33H40ClN3O7S/c1-23(33(39)35-26-8-6-5-7-9-26)36(21-24-10-16-28(42-2)17-11-24)32(38)22-37(27-14-12-25(34)13-15-27)45(40,41)29-18-19-30(43-3)31(20-29)44-4/h10-20,23,26H,5-9,21-22H2,1-4H3,(H,35,39)/t23-/m0/s1. The fourth-order valence-corrected chi connectivity index (χ4v) is 6.88. The molecule has 0 spiro atoms. The van der Waals surface area contributed by atoms with Gasteiger partial charge in [-0.1, -0.05) is 43.0 Å². The van der Waals surface area contributed by atoms with Crippen LogP contribution in [-0.2, 0) is 26.2 Å². The first-order valence-electron chi connectivity index (χ1n) is 14.8. The molecule has 1 fully saturated rings. The molecule has 3 aromatic rings. The van der Waals surface area contributed by atoms with E-state index in [1.165, 1.54) is 49.5 Å². The number of ether oxygens (including phenoxy) is 3. The van der Waals surface area contributed by atoms with Gasteiger partial charge in [0.05, 0.1) is 31.9 Å². The van der Waals surface area contributed by atoms with Crippen LogP contribution in [0.3, 0.4) is 0 Å². The molecule has 12 heteroatoms. The van der Waals surface area contributed by atoms with E-state index in [0.29, 0.717) is 16.5 Å². The second-order valence-electron chi connectivity index (χ2n) is 10.9. The second kappa shape index (κ2) is 15.4. The lowest BCUT2D eigenvalue weighted by atomic mass is 9.95. The fourth-order valence-electron chi connectivity index (χ4n) is 5.32. The van der Waals surface area contributed by atoms with Gasteiger partial charge in [-0.3, -0.25) is 13.9 Å². The molecule has 45 heavy (non-hydrogen) atoms. The summed E-state index contributed by atoms with van der Waals surface area (Å²) in [6.07, 6.45) is 4.99. The number of hydrogen-bond acceptors (Lipinski definition) is 7. The average molecular weight is 658 g/mol. The number of methoxy groups -OCH3 is 3. The van der Waals surface area contributed by atoms with E-state index in [-0.39, 0.29) is 34.8 Å². The van der Waals surface area contributed by atoms with E-state index >= 15 is 0 Å². The van der Waals surface area contributed by atoms with Gasteiger partial charge in [0.1, 0.15) is 18.3 Å². The monoisotopic (exact) mass is 657 g/mol. The number of halogens is 1. The Kier molecular flexibility index (Phi) is 11.6. The molecule has 0 radical (unpaired) electrons. The Morgan fingerprint density at radius 3 is 2.13 bits per heavy atom. The van der Waals surface area contributed by atoms with E-state index in [4.69, 9.17) is 25.8 Å². The third-order valence-electron chi connectivity index (χ3n) is 7.97. The number of sulfonamides is 1. The quantitative estimate of drug-likeness (QED) is 0.261. The van der Waals surface area contributed by atoms with Gasteiger partial charge in [-0.15, -0.1) is 0 Å². The SMILES string of the molecule is COc1ccc(CN(C(=O)CN(c2ccc(Cl)cc2)S(=O)(=O)c2ccc(OC)c(OC)c2)[C@@H](C)C(=O)NC2CCCCC2)cc1. The zero-order chi connectivity index (χ0) is 32.6. The first-order valence-corrected chi connectivity index (χ1v) is 16.6. The molecule has 0 heterocycles. The predicted octanol–water partition coefficient (Wildman–Crippen LogP) is 5.43. The van der Waals surface area contributed by atoms with Crippen LogP contribution in [0.25, 0.3) is 0 Å². The number of carbonyl (C=O) groups is 2. The molecule has 242 valence electrons. The molecule has 10 nitrogen and oxygen atoms in total. The highest BCUT2D eigenvalue weighted by Gasteiger charge is 2.33. The van der Waals surface area contributed by atoms with Crippen molar-refractivity contribution < 1.29 is 32.2 Å². The van der Waals surface area contributed by atoms with Crippen LogP contribution in [0, 0.1) is 0 Å². The minimum absolute atomic E-state index is 0.0441. The Morgan fingerprint density at radius 2 is 1.53 bits per heavy atom. The van der Waals surface area contributed by atoms with Gasteiger partial charge in [-0.2, -0.15) is 0 Å². The summed E-state index contributed by atoms with van der Waals surface area (Å²) >= 11 is 6.12. The van der Waals surface area contributed by atoms with Crippen LogP contribution < -0.4 is 23.8 Å². The van der Waals surface area contributed by atoms with Crippen LogP contribution in [0.2, 0.25) is 5.02 Å². The van der Waals surface area contributed by atoms with E-state index in [1.807, 2.05) is 12.1 Å². The smallest absolute Gasteiger partial charge is 0.264 e. The van der Waals surface area contributed by atoms with Crippen LogP contribution in [-0.4, -0.2) is 65.1 Å². The van der Waals surface area contributed by atoms with Gasteiger partial charge in [0.2, 0.25) is 11.8 Å². The van der Waals surface area contributed by atoms with Crippen LogP contribution >= 0.6 is 11.6 Å². The highest BCUT2D eigenvalue weighted by molar-refractivity contribution is 7.92. The predicted molar refractivity (Wildman–Crippen MR) is 174 cm³/mol. The second-order valence-corrected chi connectivity index (χ2v) is 13.2. The number of rotatable bonds is 13. The number of nitrogens with one attached hydrogen (secondary N) is 1. The van der Waals surface area contributed by atoms with E-state index in [0.717, 1.165) is 42.0 Å². The summed E-state index contributed by atoms with van der Waals surface area (Å²) in [5.41, 5.74) is 0.980. The van der Waals surface area contributed by atoms with Crippen molar-refractivity contribution in [2.45, 2.75) is 62.6 Å². The van der Waals surface area contributed by atoms with E-state index in [9.17, 15) is 18.0 Å². The van der Waals surface area contributed by atoms with Gasteiger partial charge in [-0.05, 0) is 73.9 Å². The Bertz CT molecular complexity index is 1560. The molecular weight excluding hydrogens is 618 g/mol. The number of carbonyl (C=O) groups excluding carboxylic acids is 2. The van der Waals surface area contributed by atoms with Crippen LogP contribution in [0.15, 0.2) is 71.6 Å². The van der Waals surface area contributed by atoms with E-state index < -0.39 is 28.5 Å². The van der Waals surface area contributed by atoms with Gasteiger partial charge in [-0.25, -0.2) is 8.42 Å². The van der Waals surface area contributed by atoms with E-state index in [2.05, 4.69) is 5.32 Å². The van der Waals surface area contributed by atoms with Gasteiger partial charge in [0, 0.05) is 23.7 Å². The van der Waals surface area contributed by atoms with Gasteiger partial charge >= 0.3 is 0 Å². The lowest BCUT2D eigenvalue weighted by Crippen LogP contribution is -2.53. The third-order valence-corrected chi connectivity index (χ3v) is 9.99. The number of nitrogens with zero attached hydrogens (tertiary/aromatic N) is 2.